The quantitative estimate of drug-likeness (QED) is 0.127. The van der Waals surface area contributed by atoms with E-state index in [1.165, 1.54) is 44.0 Å². The van der Waals surface area contributed by atoms with E-state index in [0.717, 1.165) is 0 Å². The molecule has 0 bridgehead atoms. The maximum Gasteiger partial charge on any atom is 0.347 e. The number of carbonyl (C=O) groups is 2. The van der Waals surface area contributed by atoms with E-state index in [9.17, 15) is 24.4 Å². The first-order valence-electron chi connectivity index (χ1n) is 14.3. The average Bonchev–Trinajstić information content (AvgIpc) is 3.49. The van der Waals surface area contributed by atoms with E-state index < -0.39 is 67.9 Å². The summed E-state index contributed by atoms with van der Waals surface area (Å²) in [5.41, 5.74) is 9.96. The highest BCUT2D eigenvalue weighted by Crippen LogP contribution is 2.61. The van der Waals surface area contributed by atoms with Gasteiger partial charge in [-0.2, -0.15) is 9.97 Å². The van der Waals surface area contributed by atoms with Gasteiger partial charge in [0.15, 0.2) is 11.5 Å². The maximum absolute atomic E-state index is 14.8. The number of nitrogen functional groups attached to an aromatic ring is 2. The Labute approximate surface area is 255 Å². The van der Waals surface area contributed by atoms with E-state index in [2.05, 4.69) is 15.0 Å². The smallest absolute Gasteiger partial charge is 0.347 e. The van der Waals surface area contributed by atoms with Crippen molar-refractivity contribution >= 4 is 43.3 Å². The predicted molar refractivity (Wildman–Crippen MR) is 157 cm³/mol. The number of aliphatic imine (C=N–C) groups is 1. The van der Waals surface area contributed by atoms with Crippen LogP contribution in [0.2, 0.25) is 0 Å². The second-order valence-corrected chi connectivity index (χ2v) is 13.3. The van der Waals surface area contributed by atoms with Gasteiger partial charge in [0.2, 0.25) is 11.8 Å². The number of nitrogens with two attached hydrogens (primary N) is 2. The average molecular weight is 644 g/mol. The van der Waals surface area contributed by atoms with Gasteiger partial charge >= 0.3 is 19.6 Å². The van der Waals surface area contributed by atoms with E-state index in [1.807, 2.05) is 0 Å². The molecule has 44 heavy (non-hydrogen) atoms. The van der Waals surface area contributed by atoms with Crippen molar-refractivity contribution in [3.05, 3.63) is 0 Å². The van der Waals surface area contributed by atoms with Crippen LogP contribution in [0.5, 0.6) is 5.88 Å². The zero-order valence-electron chi connectivity index (χ0n) is 25.5. The molecule has 3 aliphatic rings. The Kier molecular flexibility index (Phi) is 10.5. The summed E-state index contributed by atoms with van der Waals surface area (Å²) in [6, 6.07) is -1.71. The first kappa shape index (κ1) is 34.0. The second kappa shape index (κ2) is 13.6. The van der Waals surface area contributed by atoms with Gasteiger partial charge in [-0.25, -0.2) is 9.34 Å². The van der Waals surface area contributed by atoms with Crippen molar-refractivity contribution in [2.45, 2.75) is 62.5 Å². The Hall–Kier alpha value is -2.92. The van der Waals surface area contributed by atoms with Crippen molar-refractivity contribution in [2.24, 2.45) is 16.8 Å². The second-order valence-electron chi connectivity index (χ2n) is 11.0. The summed E-state index contributed by atoms with van der Waals surface area (Å²) in [4.78, 5) is 37.4. The number of aliphatic hydroxyl groups excluding tert-OH is 1. The van der Waals surface area contributed by atoms with Crippen LogP contribution in [-0.2, 0) is 32.9 Å². The van der Waals surface area contributed by atoms with Crippen LogP contribution in [-0.4, -0.2) is 126 Å². The Bertz CT molecular complexity index is 1270. The molecule has 0 spiro atoms. The number of ether oxygens (including phenoxy) is 4. The molecule has 3 fully saturated rings. The van der Waals surface area contributed by atoms with Gasteiger partial charge in [-0.05, 0) is 31.6 Å². The number of aliphatic hydroxyl groups is 2. The van der Waals surface area contributed by atoms with Crippen molar-refractivity contribution in [3.63, 3.8) is 0 Å². The van der Waals surface area contributed by atoms with E-state index >= 15 is 0 Å². The molecule has 7 atom stereocenters. The molecule has 1 saturated carbocycles. The Morgan fingerprint density at radius 1 is 1.09 bits per heavy atom. The van der Waals surface area contributed by atoms with Gasteiger partial charge < -0.3 is 45.2 Å². The lowest BCUT2D eigenvalue weighted by atomic mass is 10.0. The summed E-state index contributed by atoms with van der Waals surface area (Å²) < 4.78 is 44.4. The molecule has 246 valence electrons. The SMILES string of the molecule is COC(=O)C1CCCN1P(=O)(OCC(OC)C(O)C1(O)C(C)C1C=Nc1c(N)nc(N)nc1OC)N1CCCC1C(=O)OC. The minimum absolute atomic E-state index is 0.0266. The van der Waals surface area contributed by atoms with Gasteiger partial charge in [0.25, 0.3) is 0 Å². The van der Waals surface area contributed by atoms with Gasteiger partial charge in [-0.15, -0.1) is 0 Å². The lowest BCUT2D eigenvalue weighted by molar-refractivity contribution is -0.145. The van der Waals surface area contributed by atoms with Crippen LogP contribution in [0.25, 0.3) is 0 Å². The molecule has 4 rings (SSSR count). The van der Waals surface area contributed by atoms with Gasteiger partial charge in [0, 0.05) is 32.3 Å². The molecular weight excluding hydrogens is 601 g/mol. The molecule has 0 amide bonds. The van der Waals surface area contributed by atoms with Crippen molar-refractivity contribution in [1.82, 2.24) is 19.3 Å². The lowest BCUT2D eigenvalue weighted by Crippen LogP contribution is -2.47. The zero-order valence-corrected chi connectivity index (χ0v) is 26.4. The molecule has 1 aliphatic carbocycles. The normalized spacial score (nSPS) is 30.2. The van der Waals surface area contributed by atoms with Crippen molar-refractivity contribution in [3.8, 4) is 5.88 Å². The van der Waals surface area contributed by atoms with Gasteiger partial charge in [-0.1, -0.05) is 6.92 Å². The number of hydrogen-bond acceptors (Lipinski definition) is 15. The summed E-state index contributed by atoms with van der Waals surface area (Å²) >= 11 is 0. The number of anilines is 2. The summed E-state index contributed by atoms with van der Waals surface area (Å²) in [5.74, 6) is -2.34. The maximum atomic E-state index is 14.8. The fourth-order valence-corrected chi connectivity index (χ4v) is 8.96. The largest absolute Gasteiger partial charge is 0.479 e. The molecule has 0 aromatic carbocycles. The number of esters is 2. The minimum atomic E-state index is -4.09. The number of hydrogen-bond donors (Lipinski definition) is 4. The highest BCUT2D eigenvalue weighted by atomic mass is 31.2. The molecule has 2 saturated heterocycles. The summed E-state index contributed by atoms with van der Waals surface area (Å²) in [6.07, 6.45) is 0.612. The van der Waals surface area contributed by atoms with E-state index in [1.54, 1.807) is 6.92 Å². The van der Waals surface area contributed by atoms with Crippen molar-refractivity contribution in [2.75, 3.05) is 59.6 Å². The van der Waals surface area contributed by atoms with Gasteiger partial charge in [-0.3, -0.25) is 19.1 Å². The molecule has 3 heterocycles. The van der Waals surface area contributed by atoms with Crippen LogP contribution in [0, 0.1) is 11.8 Å². The minimum Gasteiger partial charge on any atom is -0.479 e. The molecule has 0 radical (unpaired) electrons. The monoisotopic (exact) mass is 643 g/mol. The van der Waals surface area contributed by atoms with Crippen LogP contribution in [0.1, 0.15) is 32.6 Å². The number of nitrogens with zero attached hydrogens (tertiary/aromatic N) is 5. The first-order valence-corrected chi connectivity index (χ1v) is 15.8. The van der Waals surface area contributed by atoms with Crippen LogP contribution < -0.4 is 16.2 Å². The number of aromatic nitrogens is 2. The summed E-state index contributed by atoms with van der Waals surface area (Å²) in [6.45, 7) is 1.79. The third-order valence-corrected chi connectivity index (χ3v) is 11.5. The fraction of sp³-hybridized carbons (Fsp3) is 0.731. The molecule has 7 unspecified atom stereocenters. The lowest BCUT2D eigenvalue weighted by Gasteiger charge is -2.39. The number of methoxy groups -OCH3 is 4. The third-order valence-electron chi connectivity index (χ3n) is 8.73. The highest BCUT2D eigenvalue weighted by molar-refractivity contribution is 7.54. The molecule has 1 aromatic rings. The fourth-order valence-electron chi connectivity index (χ4n) is 6.12. The molecule has 18 heteroatoms. The third kappa shape index (κ3) is 6.14. The Balaban J connectivity index is 1.56. The van der Waals surface area contributed by atoms with E-state index in [0.29, 0.717) is 25.7 Å². The van der Waals surface area contributed by atoms with Gasteiger partial charge in [0.1, 0.15) is 29.9 Å². The summed E-state index contributed by atoms with van der Waals surface area (Å²) in [5, 5.41) is 22.8. The predicted octanol–water partition coefficient (Wildman–Crippen LogP) is 0.124. The van der Waals surface area contributed by atoms with Crippen LogP contribution in [0.15, 0.2) is 4.99 Å². The number of carbonyl (C=O) groups excluding carboxylic acids is 2. The standard InChI is InChI=1S/C26H42N7O10P/c1-14-15(12-29-19-21(27)30-25(28)31-22(19)40-3)26(14,37)20(34)18(39-2)13-43-44(38,32-10-6-8-16(32)23(35)41-4)33-11-7-9-17(33)24(36)42-5/h12,14-18,20,34,37H,6-11,13H2,1-5H3,(H4,27,28,30,31). The molecule has 2 aliphatic heterocycles. The molecule has 17 nitrogen and oxygen atoms in total. The topological polar surface area (TPSA) is 234 Å². The number of rotatable bonds is 13. The van der Waals surface area contributed by atoms with Crippen LogP contribution in [0.4, 0.5) is 17.5 Å². The van der Waals surface area contributed by atoms with E-state index in [4.69, 9.17) is 34.9 Å². The van der Waals surface area contributed by atoms with Crippen LogP contribution in [0.3, 0.4) is 0 Å². The molecule has 1 aromatic heterocycles. The molecule has 6 N–H and O–H groups in total. The van der Waals surface area contributed by atoms with Crippen LogP contribution >= 0.6 is 7.67 Å². The Morgan fingerprint density at radius 3 is 2.16 bits per heavy atom. The summed E-state index contributed by atoms with van der Waals surface area (Å²) in [7, 11) is 1.09. The van der Waals surface area contributed by atoms with Gasteiger partial charge in [0.05, 0.1) is 27.9 Å². The van der Waals surface area contributed by atoms with Crippen molar-refractivity contribution in [1.29, 1.82) is 0 Å². The zero-order chi connectivity index (χ0) is 32.4. The Morgan fingerprint density at radius 2 is 1.66 bits per heavy atom. The van der Waals surface area contributed by atoms with E-state index in [-0.39, 0.29) is 36.4 Å². The first-order chi connectivity index (χ1) is 20.9. The highest BCUT2D eigenvalue weighted by Gasteiger charge is 2.66. The molecular formula is C26H42N7O10P. The van der Waals surface area contributed by atoms with Crippen molar-refractivity contribution < 1.29 is 47.8 Å².